The Bertz CT molecular complexity index is 464. The van der Waals surface area contributed by atoms with Gasteiger partial charge in [-0.3, -0.25) is 4.79 Å². The summed E-state index contributed by atoms with van der Waals surface area (Å²) in [6.45, 7) is 4.56. The van der Waals surface area contributed by atoms with Crippen LogP contribution in [0.5, 0.6) is 0 Å². The van der Waals surface area contributed by atoms with E-state index in [1.165, 1.54) is 11.3 Å². The lowest BCUT2D eigenvalue weighted by Gasteiger charge is -2.28. The Morgan fingerprint density at radius 1 is 1.57 bits per heavy atom. The molecule has 5 nitrogen and oxygen atoms in total. The van der Waals surface area contributed by atoms with Crippen LogP contribution in [0.25, 0.3) is 0 Å². The molecule has 2 rings (SSSR count). The van der Waals surface area contributed by atoms with E-state index in [4.69, 9.17) is 4.74 Å². The number of aliphatic hydroxyl groups is 1. The van der Waals surface area contributed by atoms with E-state index in [2.05, 4.69) is 10.3 Å². The highest BCUT2D eigenvalue weighted by molar-refractivity contribution is 7.09. The summed E-state index contributed by atoms with van der Waals surface area (Å²) >= 11 is 1.52. The molecule has 1 aliphatic rings. The molecular weight excluding hydrogens is 288 g/mol. The van der Waals surface area contributed by atoms with Crippen molar-refractivity contribution in [1.82, 2.24) is 10.3 Å². The van der Waals surface area contributed by atoms with Gasteiger partial charge in [0.15, 0.2) is 0 Å². The minimum atomic E-state index is -0.410. The zero-order chi connectivity index (χ0) is 15.2. The van der Waals surface area contributed by atoms with Crippen molar-refractivity contribution in [3.05, 3.63) is 16.1 Å². The van der Waals surface area contributed by atoms with Crippen LogP contribution in [0.3, 0.4) is 0 Å². The fourth-order valence-corrected chi connectivity index (χ4v) is 3.44. The maximum Gasteiger partial charge on any atom is 0.226 e. The molecule has 1 heterocycles. The highest BCUT2D eigenvalue weighted by atomic mass is 32.1. The van der Waals surface area contributed by atoms with E-state index in [0.717, 1.165) is 36.4 Å². The third-order valence-electron chi connectivity index (χ3n) is 3.75. The molecule has 1 aromatic heterocycles. The van der Waals surface area contributed by atoms with Crippen LogP contribution >= 0.6 is 11.3 Å². The maximum atomic E-state index is 12.0. The molecule has 1 fully saturated rings. The highest BCUT2D eigenvalue weighted by Gasteiger charge is 2.24. The first-order valence-corrected chi connectivity index (χ1v) is 8.51. The summed E-state index contributed by atoms with van der Waals surface area (Å²) in [5.74, 6) is -0.0677. The van der Waals surface area contributed by atoms with E-state index in [-0.39, 0.29) is 24.5 Å². The first-order valence-electron chi connectivity index (χ1n) is 7.63. The Balaban J connectivity index is 1.85. The molecule has 0 aromatic carbocycles. The lowest BCUT2D eigenvalue weighted by Crippen LogP contribution is -2.45. The van der Waals surface area contributed by atoms with Crippen molar-refractivity contribution >= 4 is 17.2 Å². The monoisotopic (exact) mass is 312 g/mol. The molecule has 0 bridgehead atoms. The number of rotatable bonds is 6. The Morgan fingerprint density at radius 2 is 2.33 bits per heavy atom. The van der Waals surface area contributed by atoms with Crippen LogP contribution < -0.4 is 5.32 Å². The molecule has 1 aliphatic carbocycles. The van der Waals surface area contributed by atoms with Crippen LogP contribution in [0.1, 0.15) is 56.3 Å². The standard InChI is InChI=1S/C15H24N2O3S/c1-3-20-10(2)15-16-11(9-21-15)8-14(19)17-12-6-4-5-7-13(12)18/h9-10,12-13,18H,3-8H2,1-2H3,(H,17,19). The van der Waals surface area contributed by atoms with Crippen molar-refractivity contribution in [1.29, 1.82) is 0 Å². The molecule has 6 heteroatoms. The van der Waals surface area contributed by atoms with Gasteiger partial charge < -0.3 is 15.2 Å². The van der Waals surface area contributed by atoms with Gasteiger partial charge in [-0.1, -0.05) is 12.8 Å². The molecule has 21 heavy (non-hydrogen) atoms. The molecule has 0 spiro atoms. The average Bonchev–Trinajstić information content (AvgIpc) is 2.90. The highest BCUT2D eigenvalue weighted by Crippen LogP contribution is 2.22. The van der Waals surface area contributed by atoms with Crippen LogP contribution in [-0.4, -0.2) is 34.8 Å². The molecule has 0 saturated heterocycles. The Kier molecular flexibility index (Phi) is 6.14. The van der Waals surface area contributed by atoms with Crippen LogP contribution in [0.15, 0.2) is 5.38 Å². The van der Waals surface area contributed by atoms with Crippen LogP contribution in [0, 0.1) is 0 Å². The number of carbonyl (C=O) groups excluding carboxylic acids is 1. The number of nitrogens with one attached hydrogen (secondary N) is 1. The van der Waals surface area contributed by atoms with E-state index in [0.29, 0.717) is 6.61 Å². The van der Waals surface area contributed by atoms with E-state index in [1.54, 1.807) is 0 Å². The van der Waals surface area contributed by atoms with Crippen molar-refractivity contribution in [3.8, 4) is 0 Å². The molecule has 0 aliphatic heterocycles. The van der Waals surface area contributed by atoms with Crippen LogP contribution in [-0.2, 0) is 16.0 Å². The summed E-state index contributed by atoms with van der Waals surface area (Å²) in [7, 11) is 0. The second-order valence-electron chi connectivity index (χ2n) is 5.48. The number of hydrogen-bond acceptors (Lipinski definition) is 5. The van der Waals surface area contributed by atoms with Gasteiger partial charge in [0, 0.05) is 12.0 Å². The zero-order valence-corrected chi connectivity index (χ0v) is 13.5. The van der Waals surface area contributed by atoms with Gasteiger partial charge in [-0.2, -0.15) is 0 Å². The SMILES string of the molecule is CCOC(C)c1nc(CC(=O)NC2CCCCC2O)cs1. The van der Waals surface area contributed by atoms with E-state index in [1.807, 2.05) is 19.2 Å². The average molecular weight is 312 g/mol. The summed E-state index contributed by atoms with van der Waals surface area (Å²) in [6.07, 6.45) is 3.56. The number of carbonyl (C=O) groups is 1. The lowest BCUT2D eigenvalue weighted by atomic mass is 9.92. The first-order chi connectivity index (χ1) is 10.1. The number of amides is 1. The number of hydrogen-bond donors (Lipinski definition) is 2. The number of aromatic nitrogens is 1. The molecule has 0 radical (unpaired) electrons. The first kappa shape index (κ1) is 16.4. The topological polar surface area (TPSA) is 71.5 Å². The van der Waals surface area contributed by atoms with E-state index in [9.17, 15) is 9.90 Å². The predicted molar refractivity (Wildman–Crippen MR) is 82.3 cm³/mol. The minimum Gasteiger partial charge on any atom is -0.391 e. The lowest BCUT2D eigenvalue weighted by molar-refractivity contribution is -0.122. The minimum absolute atomic E-state index is 0.0306. The van der Waals surface area contributed by atoms with Crippen molar-refractivity contribution in [3.63, 3.8) is 0 Å². The third kappa shape index (κ3) is 4.76. The van der Waals surface area contributed by atoms with Crippen LogP contribution in [0.2, 0.25) is 0 Å². The van der Waals surface area contributed by atoms with E-state index < -0.39 is 6.10 Å². The normalized spacial score (nSPS) is 23.8. The zero-order valence-electron chi connectivity index (χ0n) is 12.7. The Labute approximate surface area is 129 Å². The number of thiazole rings is 1. The molecule has 1 aromatic rings. The van der Waals surface area contributed by atoms with Gasteiger partial charge in [0.25, 0.3) is 0 Å². The van der Waals surface area contributed by atoms with Crippen molar-refractivity contribution < 1.29 is 14.6 Å². The van der Waals surface area contributed by atoms with Gasteiger partial charge in [0.1, 0.15) is 11.1 Å². The smallest absolute Gasteiger partial charge is 0.226 e. The molecule has 118 valence electrons. The fraction of sp³-hybridized carbons (Fsp3) is 0.733. The Morgan fingerprint density at radius 3 is 3.05 bits per heavy atom. The maximum absolute atomic E-state index is 12.0. The Hall–Kier alpha value is -0.980. The number of ether oxygens (including phenoxy) is 1. The van der Waals surface area contributed by atoms with E-state index >= 15 is 0 Å². The molecule has 3 atom stereocenters. The molecule has 3 unspecified atom stereocenters. The van der Waals surface area contributed by atoms with Crippen molar-refractivity contribution in [2.45, 2.75) is 64.2 Å². The molecule has 1 saturated carbocycles. The van der Waals surface area contributed by atoms with Crippen molar-refractivity contribution in [2.75, 3.05) is 6.61 Å². The van der Waals surface area contributed by atoms with Gasteiger partial charge in [-0.05, 0) is 26.7 Å². The second-order valence-corrected chi connectivity index (χ2v) is 6.37. The quantitative estimate of drug-likeness (QED) is 0.845. The van der Waals surface area contributed by atoms with Gasteiger partial charge in [-0.25, -0.2) is 4.98 Å². The largest absolute Gasteiger partial charge is 0.391 e. The van der Waals surface area contributed by atoms with Crippen molar-refractivity contribution in [2.24, 2.45) is 0 Å². The molecule has 2 N–H and O–H groups in total. The summed E-state index contributed by atoms with van der Waals surface area (Å²) in [5, 5.41) is 15.6. The number of aliphatic hydroxyl groups excluding tert-OH is 1. The molecule has 1 amide bonds. The number of nitrogens with zero attached hydrogens (tertiary/aromatic N) is 1. The van der Waals surface area contributed by atoms with Gasteiger partial charge >= 0.3 is 0 Å². The fourth-order valence-electron chi connectivity index (χ4n) is 2.61. The summed E-state index contributed by atoms with van der Waals surface area (Å²) in [5.41, 5.74) is 0.768. The predicted octanol–water partition coefficient (Wildman–Crippen LogP) is 2.20. The van der Waals surface area contributed by atoms with Gasteiger partial charge in [0.05, 0.1) is 24.3 Å². The summed E-state index contributed by atoms with van der Waals surface area (Å²) in [4.78, 5) is 16.5. The summed E-state index contributed by atoms with van der Waals surface area (Å²) in [6, 6.07) is -0.105. The third-order valence-corrected chi connectivity index (χ3v) is 4.81. The molecular formula is C15H24N2O3S. The second kappa shape index (κ2) is 7.87. The van der Waals surface area contributed by atoms with Gasteiger partial charge in [0.2, 0.25) is 5.91 Å². The van der Waals surface area contributed by atoms with Crippen LogP contribution in [0.4, 0.5) is 0 Å². The summed E-state index contributed by atoms with van der Waals surface area (Å²) < 4.78 is 5.50. The van der Waals surface area contributed by atoms with Gasteiger partial charge in [-0.15, -0.1) is 11.3 Å².